The lowest BCUT2D eigenvalue weighted by Crippen LogP contribution is -2.56. The van der Waals surface area contributed by atoms with Crippen molar-refractivity contribution >= 4 is 62.9 Å². The minimum absolute atomic E-state index is 0. The van der Waals surface area contributed by atoms with Crippen LogP contribution in [0.2, 0.25) is 4.34 Å². The molecule has 0 bridgehead atoms. The molecule has 0 radical (unpaired) electrons. The van der Waals surface area contributed by atoms with Crippen LogP contribution in [0.25, 0.3) is 0 Å². The second kappa shape index (κ2) is 10.6. The van der Waals surface area contributed by atoms with E-state index < -0.39 is 15.6 Å². The molecule has 1 aromatic rings. The predicted octanol–water partition coefficient (Wildman–Crippen LogP) is 2.04. The first-order valence-electron chi connectivity index (χ1n) is 8.49. The van der Waals surface area contributed by atoms with Crippen molar-refractivity contribution in [2.24, 2.45) is 4.99 Å². The highest BCUT2D eigenvalue weighted by Crippen LogP contribution is 2.23. The van der Waals surface area contributed by atoms with E-state index in [4.69, 9.17) is 11.6 Å². The van der Waals surface area contributed by atoms with Crippen molar-refractivity contribution in [2.75, 3.05) is 46.0 Å². The number of piperazine rings is 1. The van der Waals surface area contributed by atoms with Gasteiger partial charge in [-0.3, -0.25) is 9.89 Å². The van der Waals surface area contributed by atoms with Crippen LogP contribution >= 0.6 is 46.9 Å². The van der Waals surface area contributed by atoms with E-state index in [-0.39, 0.29) is 24.0 Å². The standard InChI is InChI=1S/C16H28ClN5O2S2.HI/c1-16(2,20-26(4,23)24)12-19-15(18-3)22-9-7-21(8-10-22)11-13-5-6-14(17)25-13;/h5-6,20H,7-12H2,1-4H3,(H,18,19);1H. The van der Waals surface area contributed by atoms with E-state index in [1.807, 2.05) is 19.9 Å². The molecule has 7 nitrogen and oxygen atoms in total. The highest BCUT2D eigenvalue weighted by atomic mass is 127. The van der Waals surface area contributed by atoms with Crippen LogP contribution in [0.5, 0.6) is 0 Å². The van der Waals surface area contributed by atoms with Crippen molar-refractivity contribution in [1.82, 2.24) is 19.8 Å². The van der Waals surface area contributed by atoms with Gasteiger partial charge in [-0.05, 0) is 26.0 Å². The zero-order valence-corrected chi connectivity index (χ0v) is 20.9. The molecule has 1 saturated heterocycles. The van der Waals surface area contributed by atoms with E-state index in [0.29, 0.717) is 6.54 Å². The molecule has 0 spiro atoms. The van der Waals surface area contributed by atoms with E-state index in [9.17, 15) is 8.42 Å². The summed E-state index contributed by atoms with van der Waals surface area (Å²) in [6.45, 7) is 8.71. The molecule has 11 heteroatoms. The number of hydrogen-bond donors (Lipinski definition) is 2. The summed E-state index contributed by atoms with van der Waals surface area (Å²) in [7, 11) is -1.51. The van der Waals surface area contributed by atoms with Gasteiger partial charge in [-0.2, -0.15) is 0 Å². The first-order chi connectivity index (χ1) is 12.1. The largest absolute Gasteiger partial charge is 0.354 e. The SMILES string of the molecule is CN=C(NCC(C)(C)NS(C)(=O)=O)N1CCN(Cc2ccc(Cl)s2)CC1.I. The third kappa shape index (κ3) is 8.82. The molecule has 2 heterocycles. The smallest absolute Gasteiger partial charge is 0.209 e. The summed E-state index contributed by atoms with van der Waals surface area (Å²) < 4.78 is 26.4. The van der Waals surface area contributed by atoms with Crippen LogP contribution in [0.3, 0.4) is 0 Å². The van der Waals surface area contributed by atoms with Gasteiger partial charge < -0.3 is 10.2 Å². The lowest BCUT2D eigenvalue weighted by atomic mass is 10.1. The maximum absolute atomic E-state index is 11.5. The predicted molar refractivity (Wildman–Crippen MR) is 125 cm³/mol. The van der Waals surface area contributed by atoms with Crippen molar-refractivity contribution in [2.45, 2.75) is 25.9 Å². The van der Waals surface area contributed by atoms with Crippen molar-refractivity contribution in [3.05, 3.63) is 21.3 Å². The summed E-state index contributed by atoms with van der Waals surface area (Å²) in [5.41, 5.74) is -0.593. The fourth-order valence-corrected chi connectivity index (χ4v) is 5.15. The van der Waals surface area contributed by atoms with Crippen LogP contribution in [0.1, 0.15) is 18.7 Å². The van der Waals surface area contributed by atoms with Crippen LogP contribution in [0, 0.1) is 0 Å². The highest BCUT2D eigenvalue weighted by molar-refractivity contribution is 14.0. The number of aliphatic imine (C=N–C) groups is 1. The van der Waals surface area contributed by atoms with Crippen LogP contribution in [0.4, 0.5) is 0 Å². The third-order valence-corrected chi connectivity index (χ3v) is 6.18. The lowest BCUT2D eigenvalue weighted by Gasteiger charge is -2.37. The van der Waals surface area contributed by atoms with Crippen LogP contribution in [-0.4, -0.2) is 75.7 Å². The molecular formula is C16H29ClIN5O2S2. The maximum atomic E-state index is 11.5. The Bertz CT molecular complexity index is 731. The van der Waals surface area contributed by atoms with E-state index in [1.165, 1.54) is 11.1 Å². The van der Waals surface area contributed by atoms with Gasteiger partial charge in [0.15, 0.2) is 5.96 Å². The number of halogens is 2. The zero-order valence-electron chi connectivity index (χ0n) is 16.2. The summed E-state index contributed by atoms with van der Waals surface area (Å²) in [6, 6.07) is 4.02. The van der Waals surface area contributed by atoms with E-state index >= 15 is 0 Å². The number of guanidine groups is 1. The second-order valence-electron chi connectivity index (χ2n) is 7.13. The molecular weight excluding hydrogens is 521 g/mol. The number of rotatable bonds is 6. The minimum Gasteiger partial charge on any atom is -0.354 e. The summed E-state index contributed by atoms with van der Waals surface area (Å²) in [5.74, 6) is 0.798. The molecule has 0 amide bonds. The average molecular weight is 550 g/mol. The highest BCUT2D eigenvalue weighted by Gasteiger charge is 2.25. The lowest BCUT2D eigenvalue weighted by molar-refractivity contribution is 0.173. The molecule has 2 rings (SSSR count). The maximum Gasteiger partial charge on any atom is 0.209 e. The summed E-state index contributed by atoms with van der Waals surface area (Å²) in [6.07, 6.45) is 1.17. The van der Waals surface area contributed by atoms with Gasteiger partial charge in [0.2, 0.25) is 10.0 Å². The van der Waals surface area contributed by atoms with Gasteiger partial charge in [-0.25, -0.2) is 13.1 Å². The fourth-order valence-electron chi connectivity index (χ4n) is 2.95. The van der Waals surface area contributed by atoms with Gasteiger partial charge in [0.25, 0.3) is 0 Å². The number of hydrogen-bond acceptors (Lipinski definition) is 5. The molecule has 2 N–H and O–H groups in total. The van der Waals surface area contributed by atoms with Crippen molar-refractivity contribution in [3.8, 4) is 0 Å². The monoisotopic (exact) mass is 549 g/mol. The van der Waals surface area contributed by atoms with Crippen molar-refractivity contribution in [3.63, 3.8) is 0 Å². The van der Waals surface area contributed by atoms with Crippen molar-refractivity contribution in [1.29, 1.82) is 0 Å². The number of thiophene rings is 1. The van der Waals surface area contributed by atoms with Gasteiger partial charge in [-0.1, -0.05) is 11.6 Å². The third-order valence-electron chi connectivity index (χ3n) is 4.04. The molecule has 0 saturated carbocycles. The quantitative estimate of drug-likeness (QED) is 0.323. The van der Waals surface area contributed by atoms with E-state index in [0.717, 1.165) is 43.0 Å². The Hall–Kier alpha value is -0.140. The first-order valence-corrected chi connectivity index (χ1v) is 11.6. The van der Waals surface area contributed by atoms with Gasteiger partial charge in [0.1, 0.15) is 0 Å². The molecule has 0 aromatic carbocycles. The molecule has 1 aliphatic heterocycles. The Balaban J connectivity index is 0.00000364. The molecule has 1 aliphatic rings. The Morgan fingerprint density at radius 2 is 1.93 bits per heavy atom. The second-order valence-corrected chi connectivity index (χ2v) is 10.7. The first kappa shape index (κ1) is 24.9. The molecule has 1 fully saturated rings. The molecule has 0 unspecified atom stereocenters. The molecule has 1 aromatic heterocycles. The molecule has 0 atom stereocenters. The topological polar surface area (TPSA) is 77.0 Å². The van der Waals surface area contributed by atoms with Crippen LogP contribution < -0.4 is 10.0 Å². The van der Waals surface area contributed by atoms with Gasteiger partial charge in [0, 0.05) is 56.7 Å². The minimum atomic E-state index is -3.26. The van der Waals surface area contributed by atoms with Gasteiger partial charge in [-0.15, -0.1) is 35.3 Å². The van der Waals surface area contributed by atoms with Gasteiger partial charge >= 0.3 is 0 Å². The Morgan fingerprint density at radius 3 is 2.41 bits per heavy atom. The summed E-state index contributed by atoms with van der Waals surface area (Å²) in [5, 5.41) is 3.28. The summed E-state index contributed by atoms with van der Waals surface area (Å²) >= 11 is 7.62. The molecule has 27 heavy (non-hydrogen) atoms. The van der Waals surface area contributed by atoms with Crippen molar-refractivity contribution < 1.29 is 8.42 Å². The Morgan fingerprint density at radius 1 is 1.30 bits per heavy atom. The van der Waals surface area contributed by atoms with E-state index in [1.54, 1.807) is 18.4 Å². The normalized spacial score (nSPS) is 16.9. The molecule has 156 valence electrons. The van der Waals surface area contributed by atoms with Crippen LogP contribution in [0.15, 0.2) is 17.1 Å². The zero-order chi connectivity index (χ0) is 19.4. The number of sulfonamides is 1. The Kier molecular flexibility index (Phi) is 9.76. The van der Waals surface area contributed by atoms with Gasteiger partial charge in [0.05, 0.1) is 10.6 Å². The fraction of sp³-hybridized carbons (Fsp3) is 0.688. The number of nitrogens with one attached hydrogen (secondary N) is 2. The van der Waals surface area contributed by atoms with Crippen LogP contribution in [-0.2, 0) is 16.6 Å². The number of nitrogens with zero attached hydrogens (tertiary/aromatic N) is 3. The Labute approximate surface area is 188 Å². The van der Waals surface area contributed by atoms with E-state index in [2.05, 4.69) is 30.9 Å². The average Bonchev–Trinajstić information content (AvgIpc) is 2.92. The summed E-state index contributed by atoms with van der Waals surface area (Å²) in [4.78, 5) is 10.2. The molecule has 0 aliphatic carbocycles.